The Labute approximate surface area is 155 Å². The highest BCUT2D eigenvalue weighted by molar-refractivity contribution is 6.08. The fraction of sp³-hybridized carbons (Fsp3) is 0.476. The monoisotopic (exact) mass is 350 g/mol. The summed E-state index contributed by atoms with van der Waals surface area (Å²) in [6.45, 7) is 6.75. The highest BCUT2D eigenvalue weighted by Gasteiger charge is 2.51. The standard InChI is InChI=1S/C21H26N4O/c1-15(2)19-22-11-9-16(23-19)13-25-12-6-10-21(14-25)17-7-4-5-8-18(17)24(3)20(21)26/h4-5,7-9,11,15H,6,10,12-14H2,1-3H3. The van der Waals surface area contributed by atoms with Crippen molar-refractivity contribution in [2.75, 3.05) is 25.0 Å². The first-order valence-electron chi connectivity index (χ1n) is 9.43. The average Bonchev–Trinajstić information content (AvgIpc) is 2.85. The Morgan fingerprint density at radius 2 is 2.04 bits per heavy atom. The van der Waals surface area contributed by atoms with Crippen LogP contribution in [0.5, 0.6) is 0 Å². The van der Waals surface area contributed by atoms with Crippen LogP contribution in [0.3, 0.4) is 0 Å². The molecule has 0 N–H and O–H groups in total. The number of rotatable bonds is 3. The molecule has 1 unspecified atom stereocenters. The summed E-state index contributed by atoms with van der Waals surface area (Å²) in [5.74, 6) is 1.43. The highest BCUT2D eigenvalue weighted by Crippen LogP contribution is 2.46. The first-order chi connectivity index (χ1) is 12.5. The molecule has 1 aromatic heterocycles. The molecular formula is C21H26N4O. The fourth-order valence-electron chi connectivity index (χ4n) is 4.40. The van der Waals surface area contributed by atoms with E-state index < -0.39 is 5.41 Å². The van der Waals surface area contributed by atoms with E-state index in [0.29, 0.717) is 5.92 Å². The molecule has 5 nitrogen and oxygen atoms in total. The third-order valence-electron chi connectivity index (χ3n) is 5.70. The number of hydrogen-bond donors (Lipinski definition) is 0. The number of para-hydroxylation sites is 1. The fourth-order valence-corrected chi connectivity index (χ4v) is 4.40. The number of hydrogen-bond acceptors (Lipinski definition) is 4. The lowest BCUT2D eigenvalue weighted by atomic mass is 9.75. The summed E-state index contributed by atoms with van der Waals surface area (Å²) in [5, 5.41) is 0. The zero-order valence-electron chi connectivity index (χ0n) is 15.8. The normalized spacial score (nSPS) is 23.1. The molecule has 0 aliphatic carbocycles. The second kappa shape index (κ2) is 6.47. The predicted octanol–water partition coefficient (Wildman–Crippen LogP) is 3.11. The smallest absolute Gasteiger partial charge is 0.238 e. The van der Waals surface area contributed by atoms with E-state index in [1.165, 1.54) is 5.56 Å². The molecule has 136 valence electrons. The van der Waals surface area contributed by atoms with Crippen LogP contribution >= 0.6 is 0 Å². The number of carbonyl (C=O) groups excluding carboxylic acids is 1. The average molecular weight is 350 g/mol. The van der Waals surface area contributed by atoms with E-state index in [0.717, 1.165) is 49.7 Å². The number of likely N-dealkylation sites (tertiary alicyclic amines) is 1. The predicted molar refractivity (Wildman–Crippen MR) is 102 cm³/mol. The summed E-state index contributed by atoms with van der Waals surface area (Å²) >= 11 is 0. The van der Waals surface area contributed by atoms with Gasteiger partial charge in [0.05, 0.1) is 11.1 Å². The van der Waals surface area contributed by atoms with Crippen LogP contribution in [0, 0.1) is 0 Å². The second-order valence-corrected chi connectivity index (χ2v) is 7.84. The molecule has 26 heavy (non-hydrogen) atoms. The minimum atomic E-state index is -0.405. The Balaban J connectivity index is 1.61. The van der Waals surface area contributed by atoms with Crippen molar-refractivity contribution in [3.63, 3.8) is 0 Å². The van der Waals surface area contributed by atoms with Gasteiger partial charge in [0.15, 0.2) is 0 Å². The Bertz CT molecular complexity index is 834. The Hall–Kier alpha value is -2.27. The van der Waals surface area contributed by atoms with Crippen molar-refractivity contribution in [2.24, 2.45) is 0 Å². The summed E-state index contributed by atoms with van der Waals surface area (Å²) in [4.78, 5) is 26.4. The third kappa shape index (κ3) is 2.71. The lowest BCUT2D eigenvalue weighted by Crippen LogP contribution is -2.51. The molecule has 1 saturated heterocycles. The first kappa shape index (κ1) is 17.2. The molecule has 1 fully saturated rings. The molecule has 1 amide bonds. The maximum absolute atomic E-state index is 13.2. The maximum Gasteiger partial charge on any atom is 0.238 e. The molecule has 5 heteroatoms. The van der Waals surface area contributed by atoms with Gasteiger partial charge in [0.25, 0.3) is 0 Å². The van der Waals surface area contributed by atoms with E-state index in [4.69, 9.17) is 4.98 Å². The summed E-state index contributed by atoms with van der Waals surface area (Å²) < 4.78 is 0. The van der Waals surface area contributed by atoms with Crippen LogP contribution in [-0.4, -0.2) is 40.9 Å². The van der Waals surface area contributed by atoms with Crippen molar-refractivity contribution in [3.05, 3.63) is 53.6 Å². The number of piperidine rings is 1. The second-order valence-electron chi connectivity index (χ2n) is 7.84. The van der Waals surface area contributed by atoms with Crippen LogP contribution in [0.1, 0.15) is 49.7 Å². The van der Waals surface area contributed by atoms with Crippen LogP contribution in [0.15, 0.2) is 36.5 Å². The Morgan fingerprint density at radius 3 is 2.85 bits per heavy atom. The van der Waals surface area contributed by atoms with Gasteiger partial charge in [0, 0.05) is 37.9 Å². The lowest BCUT2D eigenvalue weighted by molar-refractivity contribution is -0.125. The van der Waals surface area contributed by atoms with Crippen molar-refractivity contribution < 1.29 is 4.79 Å². The molecule has 1 aromatic carbocycles. The van der Waals surface area contributed by atoms with Crippen molar-refractivity contribution in [1.82, 2.24) is 14.9 Å². The van der Waals surface area contributed by atoms with Gasteiger partial charge in [0.1, 0.15) is 5.82 Å². The quantitative estimate of drug-likeness (QED) is 0.853. The number of fused-ring (bicyclic) bond motifs is 2. The Morgan fingerprint density at radius 1 is 1.23 bits per heavy atom. The van der Waals surface area contributed by atoms with Crippen LogP contribution in [0.2, 0.25) is 0 Å². The number of carbonyl (C=O) groups is 1. The molecule has 1 atom stereocenters. The number of benzene rings is 1. The van der Waals surface area contributed by atoms with Gasteiger partial charge in [-0.1, -0.05) is 32.0 Å². The Kier molecular flexibility index (Phi) is 4.27. The van der Waals surface area contributed by atoms with E-state index in [1.54, 1.807) is 0 Å². The summed E-state index contributed by atoms with van der Waals surface area (Å²) in [6, 6.07) is 10.2. The van der Waals surface area contributed by atoms with Crippen molar-refractivity contribution in [2.45, 2.75) is 44.6 Å². The van der Waals surface area contributed by atoms with Crippen LogP contribution in [0.4, 0.5) is 5.69 Å². The zero-order chi connectivity index (χ0) is 18.3. The number of amides is 1. The third-order valence-corrected chi connectivity index (χ3v) is 5.70. The molecule has 0 radical (unpaired) electrons. The molecule has 0 saturated carbocycles. The molecule has 2 aliphatic heterocycles. The molecule has 2 aromatic rings. The number of aromatic nitrogens is 2. The molecule has 4 rings (SSSR count). The minimum absolute atomic E-state index is 0.231. The first-order valence-corrected chi connectivity index (χ1v) is 9.43. The van der Waals surface area contributed by atoms with E-state index >= 15 is 0 Å². The van der Waals surface area contributed by atoms with Gasteiger partial charge in [-0.15, -0.1) is 0 Å². The van der Waals surface area contributed by atoms with Gasteiger partial charge in [-0.3, -0.25) is 9.69 Å². The number of nitrogens with zero attached hydrogens (tertiary/aromatic N) is 4. The molecule has 0 bridgehead atoms. The number of likely N-dealkylation sites (N-methyl/N-ethyl adjacent to an activating group) is 1. The van der Waals surface area contributed by atoms with E-state index in [-0.39, 0.29) is 5.91 Å². The maximum atomic E-state index is 13.2. The van der Waals surface area contributed by atoms with Gasteiger partial charge < -0.3 is 4.90 Å². The largest absolute Gasteiger partial charge is 0.314 e. The van der Waals surface area contributed by atoms with Gasteiger partial charge >= 0.3 is 0 Å². The summed E-state index contributed by atoms with van der Waals surface area (Å²) in [7, 11) is 1.90. The molecule has 1 spiro atoms. The molecule has 3 heterocycles. The summed E-state index contributed by atoms with van der Waals surface area (Å²) in [5.41, 5.74) is 2.87. The zero-order valence-corrected chi connectivity index (χ0v) is 15.8. The van der Waals surface area contributed by atoms with Gasteiger partial charge in [-0.05, 0) is 37.1 Å². The topological polar surface area (TPSA) is 49.3 Å². The van der Waals surface area contributed by atoms with Crippen molar-refractivity contribution in [3.8, 4) is 0 Å². The van der Waals surface area contributed by atoms with Crippen LogP contribution in [-0.2, 0) is 16.8 Å². The minimum Gasteiger partial charge on any atom is -0.314 e. The van der Waals surface area contributed by atoms with Gasteiger partial charge in [0.2, 0.25) is 5.91 Å². The highest BCUT2D eigenvalue weighted by atomic mass is 16.2. The SMILES string of the molecule is CC(C)c1nccc(CN2CCCC3(C2)C(=O)N(C)c2ccccc23)n1. The number of anilines is 1. The van der Waals surface area contributed by atoms with E-state index in [1.807, 2.05) is 36.3 Å². The van der Waals surface area contributed by atoms with Gasteiger partial charge in [-0.25, -0.2) is 9.97 Å². The lowest BCUT2D eigenvalue weighted by Gasteiger charge is -2.39. The van der Waals surface area contributed by atoms with E-state index in [2.05, 4.69) is 35.9 Å². The van der Waals surface area contributed by atoms with Gasteiger partial charge in [-0.2, -0.15) is 0 Å². The molecular weight excluding hydrogens is 324 g/mol. The van der Waals surface area contributed by atoms with Crippen LogP contribution in [0.25, 0.3) is 0 Å². The van der Waals surface area contributed by atoms with Crippen molar-refractivity contribution in [1.29, 1.82) is 0 Å². The van der Waals surface area contributed by atoms with Crippen LogP contribution < -0.4 is 4.90 Å². The van der Waals surface area contributed by atoms with E-state index in [9.17, 15) is 4.79 Å². The molecule has 2 aliphatic rings. The summed E-state index contributed by atoms with van der Waals surface area (Å²) in [6.07, 6.45) is 3.79. The van der Waals surface area contributed by atoms with Crippen molar-refractivity contribution >= 4 is 11.6 Å².